The third-order valence-electron chi connectivity index (χ3n) is 3.61. The molecular weight excluding hydrogens is 308 g/mol. The summed E-state index contributed by atoms with van der Waals surface area (Å²) in [6.45, 7) is 0.872. The fraction of sp³-hybridized carbons (Fsp3) is 0.500. The van der Waals surface area contributed by atoms with E-state index in [-0.39, 0.29) is 18.6 Å². The van der Waals surface area contributed by atoms with Gasteiger partial charge >= 0.3 is 0 Å². The third-order valence-corrected chi connectivity index (χ3v) is 4.49. The van der Waals surface area contributed by atoms with Crippen LogP contribution in [0.2, 0.25) is 0 Å². The van der Waals surface area contributed by atoms with Crippen molar-refractivity contribution < 1.29 is 9.90 Å². The molecule has 0 aromatic heterocycles. The zero-order valence-corrected chi connectivity index (χ0v) is 12.4. The van der Waals surface area contributed by atoms with Gasteiger partial charge < -0.3 is 15.7 Å². The van der Waals surface area contributed by atoms with Gasteiger partial charge in [-0.2, -0.15) is 0 Å². The van der Waals surface area contributed by atoms with Gasteiger partial charge in [-0.25, -0.2) is 0 Å². The van der Waals surface area contributed by atoms with Crippen molar-refractivity contribution in [1.29, 1.82) is 0 Å². The normalized spacial score (nSPS) is 19.5. The lowest BCUT2D eigenvalue weighted by Gasteiger charge is -2.35. The summed E-state index contributed by atoms with van der Waals surface area (Å²) in [5.74, 6) is -0.00248. The lowest BCUT2D eigenvalue weighted by Crippen LogP contribution is -2.44. The van der Waals surface area contributed by atoms with Crippen molar-refractivity contribution in [1.82, 2.24) is 4.90 Å². The molecule has 3 N–H and O–H groups in total. The number of piperidine rings is 1. The number of rotatable bonds is 3. The maximum Gasteiger partial charge on any atom is 0.255 e. The van der Waals surface area contributed by atoms with Gasteiger partial charge in [0.05, 0.1) is 10.0 Å². The van der Waals surface area contributed by atoms with Crippen LogP contribution in [0.25, 0.3) is 0 Å². The molecule has 1 saturated heterocycles. The summed E-state index contributed by atoms with van der Waals surface area (Å²) in [5, 5.41) is 9.12. The summed E-state index contributed by atoms with van der Waals surface area (Å²) in [6, 6.07) is 5.48. The molecule has 0 bridgehead atoms. The summed E-state index contributed by atoms with van der Waals surface area (Å²) in [7, 11) is 0. The average Bonchev–Trinajstić information content (AvgIpc) is 2.42. The number of hydrogen-bond donors (Lipinski definition) is 2. The summed E-state index contributed by atoms with van der Waals surface area (Å²) < 4.78 is 0.660. The minimum atomic E-state index is -0.00248. The number of nitrogens with zero attached hydrogens (tertiary/aromatic N) is 1. The van der Waals surface area contributed by atoms with Gasteiger partial charge in [0.15, 0.2) is 0 Å². The van der Waals surface area contributed by atoms with Crippen LogP contribution in [0, 0.1) is 0 Å². The van der Waals surface area contributed by atoms with E-state index in [0.29, 0.717) is 22.1 Å². The Kier molecular flexibility index (Phi) is 4.82. The minimum absolute atomic E-state index is 0.00248. The topological polar surface area (TPSA) is 66.6 Å². The number of anilines is 1. The van der Waals surface area contributed by atoms with Gasteiger partial charge in [-0.1, -0.05) is 6.07 Å². The lowest BCUT2D eigenvalue weighted by molar-refractivity contribution is 0.0574. The maximum atomic E-state index is 12.6. The summed E-state index contributed by atoms with van der Waals surface area (Å²) in [4.78, 5) is 14.5. The number of hydrogen-bond acceptors (Lipinski definition) is 3. The van der Waals surface area contributed by atoms with E-state index in [9.17, 15) is 4.79 Å². The smallest absolute Gasteiger partial charge is 0.255 e. The van der Waals surface area contributed by atoms with E-state index in [0.717, 1.165) is 25.8 Å². The Labute approximate surface area is 121 Å². The van der Waals surface area contributed by atoms with E-state index in [1.54, 1.807) is 18.2 Å². The fourth-order valence-corrected chi connectivity index (χ4v) is 3.02. The quantitative estimate of drug-likeness (QED) is 0.838. The molecule has 1 atom stereocenters. The molecule has 1 aliphatic rings. The summed E-state index contributed by atoms with van der Waals surface area (Å²) >= 11 is 3.38. The molecule has 19 heavy (non-hydrogen) atoms. The van der Waals surface area contributed by atoms with E-state index >= 15 is 0 Å². The number of likely N-dealkylation sites (tertiary alicyclic amines) is 1. The Hall–Kier alpha value is -1.07. The van der Waals surface area contributed by atoms with Crippen molar-refractivity contribution in [2.45, 2.75) is 31.7 Å². The second-order valence-electron chi connectivity index (χ2n) is 4.87. The Bertz CT molecular complexity index is 463. The van der Waals surface area contributed by atoms with E-state index in [4.69, 9.17) is 10.8 Å². The molecule has 1 amide bonds. The first-order valence-electron chi connectivity index (χ1n) is 6.61. The van der Waals surface area contributed by atoms with Gasteiger partial charge in [0.1, 0.15) is 0 Å². The van der Waals surface area contributed by atoms with Gasteiger partial charge in [0, 0.05) is 24.9 Å². The highest BCUT2D eigenvalue weighted by Gasteiger charge is 2.28. The van der Waals surface area contributed by atoms with Gasteiger partial charge in [0.2, 0.25) is 0 Å². The highest BCUT2D eigenvalue weighted by Crippen LogP contribution is 2.28. The van der Waals surface area contributed by atoms with Crippen LogP contribution in [0.5, 0.6) is 0 Å². The first kappa shape index (κ1) is 14.3. The molecule has 0 aliphatic carbocycles. The predicted molar refractivity (Wildman–Crippen MR) is 78.9 cm³/mol. The van der Waals surface area contributed by atoms with Crippen molar-refractivity contribution in [3.8, 4) is 0 Å². The van der Waals surface area contributed by atoms with Gasteiger partial charge in [0.25, 0.3) is 5.91 Å². The number of aliphatic hydroxyl groups is 1. The average molecular weight is 327 g/mol. The zero-order valence-electron chi connectivity index (χ0n) is 10.8. The van der Waals surface area contributed by atoms with Crippen molar-refractivity contribution in [2.24, 2.45) is 0 Å². The van der Waals surface area contributed by atoms with Crippen LogP contribution >= 0.6 is 15.9 Å². The number of aliphatic hydroxyl groups excluding tert-OH is 1. The monoisotopic (exact) mass is 326 g/mol. The van der Waals surface area contributed by atoms with Crippen molar-refractivity contribution in [3.05, 3.63) is 28.2 Å². The molecule has 1 aromatic carbocycles. The number of amides is 1. The van der Waals surface area contributed by atoms with E-state index in [1.165, 1.54) is 0 Å². The largest absolute Gasteiger partial charge is 0.398 e. The number of nitrogen functional groups attached to an aromatic ring is 1. The molecule has 1 unspecified atom stereocenters. The summed E-state index contributed by atoms with van der Waals surface area (Å²) in [5.41, 5.74) is 7.00. The number of benzene rings is 1. The maximum absolute atomic E-state index is 12.6. The van der Waals surface area contributed by atoms with Crippen LogP contribution in [-0.4, -0.2) is 35.1 Å². The summed E-state index contributed by atoms with van der Waals surface area (Å²) in [6.07, 6.45) is 3.75. The number of halogens is 1. The molecule has 1 heterocycles. The van der Waals surface area contributed by atoms with Gasteiger partial charge in [-0.05, 0) is 53.7 Å². The highest BCUT2D eigenvalue weighted by molar-refractivity contribution is 9.10. The molecule has 0 saturated carbocycles. The van der Waals surface area contributed by atoms with Crippen molar-refractivity contribution in [2.75, 3.05) is 18.9 Å². The molecule has 0 spiro atoms. The van der Waals surface area contributed by atoms with Crippen molar-refractivity contribution in [3.63, 3.8) is 0 Å². The Balaban J connectivity index is 2.23. The molecule has 4 nitrogen and oxygen atoms in total. The Morgan fingerprint density at radius 2 is 2.26 bits per heavy atom. The zero-order chi connectivity index (χ0) is 13.8. The van der Waals surface area contributed by atoms with E-state index < -0.39 is 0 Å². The molecule has 5 heteroatoms. The molecule has 104 valence electrons. The molecule has 1 aromatic rings. The lowest BCUT2D eigenvalue weighted by atomic mass is 9.98. The van der Waals surface area contributed by atoms with Gasteiger partial charge in [-0.3, -0.25) is 4.79 Å². The van der Waals surface area contributed by atoms with E-state index in [2.05, 4.69) is 15.9 Å². The second kappa shape index (κ2) is 6.39. The van der Waals surface area contributed by atoms with E-state index in [1.807, 2.05) is 4.90 Å². The number of nitrogens with two attached hydrogens (primary N) is 1. The first-order valence-corrected chi connectivity index (χ1v) is 7.40. The molecule has 1 aliphatic heterocycles. The van der Waals surface area contributed by atoms with Crippen LogP contribution in [0.4, 0.5) is 5.69 Å². The van der Waals surface area contributed by atoms with Crippen molar-refractivity contribution >= 4 is 27.5 Å². The van der Waals surface area contributed by atoms with Crippen LogP contribution < -0.4 is 5.73 Å². The molecule has 2 rings (SSSR count). The minimum Gasteiger partial charge on any atom is -0.398 e. The Morgan fingerprint density at radius 1 is 1.47 bits per heavy atom. The number of carbonyl (C=O) groups is 1. The Morgan fingerprint density at radius 3 is 3.00 bits per heavy atom. The SMILES string of the molecule is Nc1cccc(C(=O)N2CCCCC2CCO)c1Br. The molecule has 0 radical (unpaired) electrons. The third kappa shape index (κ3) is 3.09. The molecular formula is C14H19BrN2O2. The second-order valence-corrected chi connectivity index (χ2v) is 5.66. The first-order chi connectivity index (χ1) is 9.15. The molecule has 1 fully saturated rings. The van der Waals surface area contributed by atoms with Crippen LogP contribution in [-0.2, 0) is 0 Å². The highest BCUT2D eigenvalue weighted by atomic mass is 79.9. The van der Waals surface area contributed by atoms with Crippen LogP contribution in [0.1, 0.15) is 36.0 Å². The predicted octanol–water partition coefficient (Wildman–Crippen LogP) is 2.41. The standard InChI is InChI=1S/C14H19BrN2O2/c15-13-11(5-3-6-12(13)16)14(19)17-8-2-1-4-10(17)7-9-18/h3,5-6,10,18H,1-2,4,7-9,16H2. The fourth-order valence-electron chi connectivity index (χ4n) is 2.59. The van der Waals surface area contributed by atoms with Gasteiger partial charge in [-0.15, -0.1) is 0 Å². The van der Waals surface area contributed by atoms with Crippen LogP contribution in [0.3, 0.4) is 0 Å². The van der Waals surface area contributed by atoms with Crippen LogP contribution in [0.15, 0.2) is 22.7 Å². The number of carbonyl (C=O) groups excluding carboxylic acids is 1.